The maximum Gasteiger partial charge on any atom is 0.0946 e. The lowest BCUT2D eigenvalue weighted by Crippen LogP contribution is -2.19. The molecule has 1 heterocycles. The molecule has 0 saturated heterocycles. The third kappa shape index (κ3) is 10.0. The molecule has 0 aliphatic carbocycles. The molecule has 0 amide bonds. The van der Waals surface area contributed by atoms with Crippen molar-refractivity contribution >= 4 is 11.8 Å². The SMILES string of the molecule is CCCCCCCCCCOCC(Cn1ccnc1)Sc1cccc(C)c1. The van der Waals surface area contributed by atoms with Crippen LogP contribution < -0.4 is 0 Å². The van der Waals surface area contributed by atoms with Gasteiger partial charge in [-0.3, -0.25) is 0 Å². The highest BCUT2D eigenvalue weighted by atomic mass is 32.2. The first kappa shape index (κ1) is 22.0. The van der Waals surface area contributed by atoms with Crippen LogP contribution in [-0.2, 0) is 11.3 Å². The van der Waals surface area contributed by atoms with Crippen molar-refractivity contribution in [3.63, 3.8) is 0 Å². The Labute approximate surface area is 169 Å². The smallest absolute Gasteiger partial charge is 0.0946 e. The van der Waals surface area contributed by atoms with Crippen molar-refractivity contribution in [1.82, 2.24) is 9.55 Å². The Balaban J connectivity index is 1.66. The Bertz CT molecular complexity index is 600. The molecule has 2 rings (SSSR count). The van der Waals surface area contributed by atoms with Gasteiger partial charge in [0.1, 0.15) is 0 Å². The molecule has 0 N–H and O–H groups in total. The van der Waals surface area contributed by atoms with Gasteiger partial charge in [-0.15, -0.1) is 11.8 Å². The van der Waals surface area contributed by atoms with E-state index in [1.54, 1.807) is 0 Å². The molecular formula is C23H36N2OS. The first-order valence-electron chi connectivity index (χ1n) is 10.5. The topological polar surface area (TPSA) is 27.1 Å². The highest BCUT2D eigenvalue weighted by molar-refractivity contribution is 8.00. The van der Waals surface area contributed by atoms with E-state index in [1.807, 2.05) is 30.5 Å². The van der Waals surface area contributed by atoms with Gasteiger partial charge in [-0.25, -0.2) is 4.98 Å². The monoisotopic (exact) mass is 388 g/mol. The Morgan fingerprint density at radius 2 is 1.85 bits per heavy atom. The summed E-state index contributed by atoms with van der Waals surface area (Å²) in [6.07, 6.45) is 16.5. The number of imidazole rings is 1. The van der Waals surface area contributed by atoms with Crippen LogP contribution in [0.25, 0.3) is 0 Å². The van der Waals surface area contributed by atoms with Crippen molar-refractivity contribution in [3.05, 3.63) is 48.5 Å². The minimum absolute atomic E-state index is 0.398. The predicted octanol–water partition coefficient (Wildman–Crippen LogP) is 6.51. The summed E-state index contributed by atoms with van der Waals surface area (Å²) < 4.78 is 8.18. The Morgan fingerprint density at radius 3 is 2.56 bits per heavy atom. The van der Waals surface area contributed by atoms with E-state index in [1.165, 1.54) is 61.8 Å². The number of aromatic nitrogens is 2. The molecule has 4 heteroatoms. The lowest BCUT2D eigenvalue weighted by atomic mass is 10.1. The number of nitrogens with zero attached hydrogens (tertiary/aromatic N) is 2. The second-order valence-corrected chi connectivity index (χ2v) is 8.74. The average molecular weight is 389 g/mol. The number of thioether (sulfide) groups is 1. The molecule has 0 radical (unpaired) electrons. The lowest BCUT2D eigenvalue weighted by molar-refractivity contribution is 0.128. The molecule has 2 aromatic rings. The van der Waals surface area contributed by atoms with E-state index in [0.717, 1.165) is 19.8 Å². The summed E-state index contributed by atoms with van der Waals surface area (Å²) in [6.45, 7) is 7.01. The molecule has 1 atom stereocenters. The third-order valence-electron chi connectivity index (χ3n) is 4.71. The average Bonchev–Trinajstić information content (AvgIpc) is 3.16. The summed E-state index contributed by atoms with van der Waals surface area (Å²) >= 11 is 1.91. The van der Waals surface area contributed by atoms with Gasteiger partial charge in [0, 0.05) is 30.4 Å². The zero-order valence-electron chi connectivity index (χ0n) is 17.1. The summed E-state index contributed by atoms with van der Waals surface area (Å²) in [5.74, 6) is 0. The van der Waals surface area contributed by atoms with Crippen LogP contribution in [0.4, 0.5) is 0 Å². The van der Waals surface area contributed by atoms with Gasteiger partial charge in [0.25, 0.3) is 0 Å². The largest absolute Gasteiger partial charge is 0.380 e. The van der Waals surface area contributed by atoms with Crippen molar-refractivity contribution < 1.29 is 4.74 Å². The third-order valence-corrected chi connectivity index (χ3v) is 5.86. The van der Waals surface area contributed by atoms with Gasteiger partial charge in [0.2, 0.25) is 0 Å². The maximum absolute atomic E-state index is 6.04. The van der Waals surface area contributed by atoms with Crippen molar-refractivity contribution in [1.29, 1.82) is 0 Å². The summed E-state index contributed by atoms with van der Waals surface area (Å²) in [5, 5.41) is 0.398. The standard InChI is InChI=1S/C23H36N2OS/c1-3-4-5-6-7-8-9-10-16-26-19-23(18-25-15-14-24-20-25)27-22-13-11-12-21(2)17-22/h11-15,17,20,23H,3-10,16,18-19H2,1-2H3. The van der Waals surface area contributed by atoms with Crippen molar-refractivity contribution in [2.45, 2.75) is 81.9 Å². The van der Waals surface area contributed by atoms with Crippen molar-refractivity contribution in [3.8, 4) is 0 Å². The first-order valence-corrected chi connectivity index (χ1v) is 11.4. The van der Waals surface area contributed by atoms with E-state index < -0.39 is 0 Å². The fourth-order valence-corrected chi connectivity index (χ4v) is 4.39. The van der Waals surface area contributed by atoms with E-state index in [0.29, 0.717) is 5.25 Å². The summed E-state index contributed by atoms with van der Waals surface area (Å²) in [5.41, 5.74) is 1.31. The fourth-order valence-electron chi connectivity index (χ4n) is 3.19. The van der Waals surface area contributed by atoms with Gasteiger partial charge in [-0.05, 0) is 25.5 Å². The van der Waals surface area contributed by atoms with Crippen LogP contribution in [0.5, 0.6) is 0 Å². The highest BCUT2D eigenvalue weighted by Gasteiger charge is 2.12. The molecule has 1 aromatic carbocycles. The zero-order valence-corrected chi connectivity index (χ0v) is 17.9. The van der Waals surface area contributed by atoms with Crippen LogP contribution in [0.2, 0.25) is 0 Å². The van der Waals surface area contributed by atoms with Gasteiger partial charge in [-0.1, -0.05) is 69.6 Å². The minimum Gasteiger partial charge on any atom is -0.380 e. The molecule has 0 spiro atoms. The molecule has 27 heavy (non-hydrogen) atoms. The van der Waals surface area contributed by atoms with Gasteiger partial charge < -0.3 is 9.30 Å². The van der Waals surface area contributed by atoms with E-state index in [4.69, 9.17) is 4.74 Å². The highest BCUT2D eigenvalue weighted by Crippen LogP contribution is 2.25. The lowest BCUT2D eigenvalue weighted by Gasteiger charge is -2.18. The van der Waals surface area contributed by atoms with E-state index in [-0.39, 0.29) is 0 Å². The van der Waals surface area contributed by atoms with Gasteiger partial charge in [0.15, 0.2) is 0 Å². The maximum atomic E-state index is 6.04. The second-order valence-electron chi connectivity index (χ2n) is 7.37. The Morgan fingerprint density at radius 1 is 1.07 bits per heavy atom. The van der Waals surface area contributed by atoms with Crippen molar-refractivity contribution in [2.75, 3.05) is 13.2 Å². The van der Waals surface area contributed by atoms with Crippen LogP contribution in [0.15, 0.2) is 47.9 Å². The Kier molecular flexibility index (Phi) is 11.3. The second kappa shape index (κ2) is 13.8. The molecule has 1 aromatic heterocycles. The molecule has 0 bridgehead atoms. The summed E-state index contributed by atoms with van der Waals surface area (Å²) in [4.78, 5) is 5.48. The van der Waals surface area contributed by atoms with Crippen LogP contribution >= 0.6 is 11.8 Å². The van der Waals surface area contributed by atoms with Crippen LogP contribution in [0.1, 0.15) is 63.9 Å². The normalized spacial score (nSPS) is 12.4. The van der Waals surface area contributed by atoms with E-state index in [9.17, 15) is 0 Å². The van der Waals surface area contributed by atoms with E-state index in [2.05, 4.69) is 47.7 Å². The number of rotatable bonds is 15. The van der Waals surface area contributed by atoms with Gasteiger partial charge in [-0.2, -0.15) is 0 Å². The minimum atomic E-state index is 0.398. The molecule has 0 aliphatic heterocycles. The van der Waals surface area contributed by atoms with E-state index >= 15 is 0 Å². The molecule has 0 aliphatic rings. The first-order chi connectivity index (χ1) is 13.3. The zero-order chi connectivity index (χ0) is 19.2. The number of benzene rings is 1. The fraction of sp³-hybridized carbons (Fsp3) is 0.609. The van der Waals surface area contributed by atoms with Crippen LogP contribution in [0.3, 0.4) is 0 Å². The molecule has 1 unspecified atom stereocenters. The molecular weight excluding hydrogens is 352 g/mol. The number of unbranched alkanes of at least 4 members (excludes halogenated alkanes) is 7. The molecule has 3 nitrogen and oxygen atoms in total. The van der Waals surface area contributed by atoms with Crippen LogP contribution in [0, 0.1) is 6.92 Å². The molecule has 0 fully saturated rings. The Hall–Kier alpha value is -1.26. The van der Waals surface area contributed by atoms with Gasteiger partial charge >= 0.3 is 0 Å². The summed E-state index contributed by atoms with van der Waals surface area (Å²) in [6, 6.07) is 8.72. The number of hydrogen-bond acceptors (Lipinski definition) is 3. The predicted molar refractivity (Wildman–Crippen MR) is 116 cm³/mol. The molecule has 150 valence electrons. The van der Waals surface area contributed by atoms with Crippen LogP contribution in [-0.4, -0.2) is 28.0 Å². The summed E-state index contributed by atoms with van der Waals surface area (Å²) in [7, 11) is 0. The molecule has 0 saturated carbocycles. The van der Waals surface area contributed by atoms with Gasteiger partial charge in [0.05, 0.1) is 18.2 Å². The van der Waals surface area contributed by atoms with Crippen molar-refractivity contribution in [2.24, 2.45) is 0 Å². The number of aryl methyl sites for hydroxylation is 1. The number of hydrogen-bond donors (Lipinski definition) is 0. The quantitative estimate of drug-likeness (QED) is 0.257. The number of ether oxygens (including phenoxy) is 1.